The van der Waals surface area contributed by atoms with Crippen molar-refractivity contribution in [2.45, 2.75) is 0 Å². The zero-order valence-corrected chi connectivity index (χ0v) is 14.3. The standard InChI is InChI=1S/C22H16N2O3/c25-18-12-10-15(11-13-18)20-19(14-4-2-1-3-5-14)23-21(24-20)16-6-8-17(9-7-16)22(26)27/h1-13,25H,(H,23,24)(H,26,27). The van der Waals surface area contributed by atoms with E-state index in [0.717, 1.165) is 28.1 Å². The quantitative estimate of drug-likeness (QED) is 0.489. The lowest BCUT2D eigenvalue weighted by atomic mass is 10.1. The highest BCUT2D eigenvalue weighted by Crippen LogP contribution is 2.33. The van der Waals surface area contributed by atoms with Gasteiger partial charge in [-0.05, 0) is 36.4 Å². The van der Waals surface area contributed by atoms with E-state index in [1.807, 2.05) is 42.5 Å². The van der Waals surface area contributed by atoms with Crippen molar-refractivity contribution in [1.29, 1.82) is 0 Å². The molecule has 0 fully saturated rings. The second-order valence-corrected chi connectivity index (χ2v) is 6.10. The lowest BCUT2D eigenvalue weighted by Crippen LogP contribution is -1.95. The summed E-state index contributed by atoms with van der Waals surface area (Å²) in [5.74, 6) is -0.117. The Morgan fingerprint density at radius 1 is 0.778 bits per heavy atom. The van der Waals surface area contributed by atoms with E-state index >= 15 is 0 Å². The van der Waals surface area contributed by atoms with E-state index in [4.69, 9.17) is 10.1 Å². The molecule has 27 heavy (non-hydrogen) atoms. The summed E-state index contributed by atoms with van der Waals surface area (Å²) in [5.41, 5.74) is 4.50. The summed E-state index contributed by atoms with van der Waals surface area (Å²) >= 11 is 0. The number of carboxylic acid groups (broad SMARTS) is 1. The van der Waals surface area contributed by atoms with Crippen molar-refractivity contribution in [1.82, 2.24) is 9.97 Å². The van der Waals surface area contributed by atoms with Gasteiger partial charge in [0, 0.05) is 16.7 Å². The number of aromatic amines is 1. The molecule has 1 aromatic heterocycles. The molecule has 0 amide bonds. The molecule has 0 aliphatic heterocycles. The van der Waals surface area contributed by atoms with Gasteiger partial charge in [-0.3, -0.25) is 0 Å². The summed E-state index contributed by atoms with van der Waals surface area (Å²) in [6.07, 6.45) is 0. The fraction of sp³-hybridized carbons (Fsp3) is 0. The Balaban J connectivity index is 1.84. The molecule has 3 N–H and O–H groups in total. The number of aromatic carboxylic acids is 1. The average Bonchev–Trinajstić information content (AvgIpc) is 3.15. The smallest absolute Gasteiger partial charge is 0.335 e. The molecule has 1 heterocycles. The molecule has 132 valence electrons. The van der Waals surface area contributed by atoms with Crippen LogP contribution in [-0.2, 0) is 0 Å². The molecule has 0 aliphatic rings. The predicted octanol–water partition coefficient (Wildman–Crippen LogP) is 4.81. The molecule has 0 spiro atoms. The first-order valence-electron chi connectivity index (χ1n) is 8.40. The first-order chi connectivity index (χ1) is 13.1. The van der Waals surface area contributed by atoms with Gasteiger partial charge >= 0.3 is 5.97 Å². The zero-order chi connectivity index (χ0) is 18.8. The van der Waals surface area contributed by atoms with Crippen LogP contribution in [0.5, 0.6) is 5.75 Å². The monoisotopic (exact) mass is 356 g/mol. The number of nitrogens with one attached hydrogen (secondary N) is 1. The Labute approximate surface area is 155 Å². The molecule has 0 atom stereocenters. The van der Waals surface area contributed by atoms with Crippen LogP contribution in [0.15, 0.2) is 78.9 Å². The van der Waals surface area contributed by atoms with Crippen molar-refractivity contribution in [2.24, 2.45) is 0 Å². The largest absolute Gasteiger partial charge is 0.508 e. The number of carboxylic acids is 1. The van der Waals surface area contributed by atoms with Crippen LogP contribution in [-0.4, -0.2) is 26.2 Å². The van der Waals surface area contributed by atoms with Gasteiger partial charge in [-0.2, -0.15) is 0 Å². The highest BCUT2D eigenvalue weighted by molar-refractivity contribution is 5.88. The molecule has 5 heteroatoms. The average molecular weight is 356 g/mol. The van der Waals surface area contributed by atoms with Crippen molar-refractivity contribution in [3.8, 4) is 39.7 Å². The molecule has 3 aromatic carbocycles. The third-order valence-corrected chi connectivity index (χ3v) is 4.31. The van der Waals surface area contributed by atoms with Crippen molar-refractivity contribution >= 4 is 5.97 Å². The van der Waals surface area contributed by atoms with E-state index in [0.29, 0.717) is 5.82 Å². The molecule has 0 saturated carbocycles. The van der Waals surface area contributed by atoms with E-state index in [1.54, 1.807) is 36.4 Å². The van der Waals surface area contributed by atoms with Gasteiger partial charge in [0.1, 0.15) is 11.6 Å². The SMILES string of the molecule is O=C(O)c1ccc(-c2nc(-c3ccccc3)c(-c3ccc(O)cc3)[nH]2)cc1. The highest BCUT2D eigenvalue weighted by atomic mass is 16.4. The Morgan fingerprint density at radius 3 is 2.04 bits per heavy atom. The number of H-pyrrole nitrogens is 1. The third kappa shape index (κ3) is 3.30. The number of rotatable bonds is 4. The molecule has 4 aromatic rings. The minimum Gasteiger partial charge on any atom is -0.508 e. The number of hydrogen-bond donors (Lipinski definition) is 3. The summed E-state index contributed by atoms with van der Waals surface area (Å²) in [6, 6.07) is 23.3. The Bertz CT molecular complexity index is 1080. The van der Waals surface area contributed by atoms with Gasteiger partial charge in [-0.25, -0.2) is 9.78 Å². The number of carbonyl (C=O) groups is 1. The molecule has 0 aliphatic carbocycles. The first-order valence-corrected chi connectivity index (χ1v) is 8.40. The van der Waals surface area contributed by atoms with E-state index in [9.17, 15) is 9.90 Å². The number of benzene rings is 3. The van der Waals surface area contributed by atoms with Crippen LogP contribution in [0.4, 0.5) is 0 Å². The maximum Gasteiger partial charge on any atom is 0.335 e. The molecule has 4 rings (SSSR count). The lowest BCUT2D eigenvalue weighted by molar-refractivity contribution is 0.0697. The van der Waals surface area contributed by atoms with Gasteiger partial charge < -0.3 is 15.2 Å². The van der Waals surface area contributed by atoms with E-state index in [2.05, 4.69) is 4.98 Å². The molecule has 0 bridgehead atoms. The van der Waals surface area contributed by atoms with Crippen LogP contribution < -0.4 is 0 Å². The van der Waals surface area contributed by atoms with E-state index < -0.39 is 5.97 Å². The number of hydrogen-bond acceptors (Lipinski definition) is 3. The third-order valence-electron chi connectivity index (χ3n) is 4.31. The fourth-order valence-electron chi connectivity index (χ4n) is 2.92. The number of aromatic hydroxyl groups is 1. The minimum atomic E-state index is -0.962. The number of phenols is 1. The van der Waals surface area contributed by atoms with Crippen molar-refractivity contribution in [3.63, 3.8) is 0 Å². The van der Waals surface area contributed by atoms with Crippen LogP contribution in [0.1, 0.15) is 10.4 Å². The van der Waals surface area contributed by atoms with Crippen molar-refractivity contribution in [2.75, 3.05) is 0 Å². The normalized spacial score (nSPS) is 10.7. The van der Waals surface area contributed by atoms with E-state index in [1.165, 1.54) is 0 Å². The Kier molecular flexibility index (Phi) is 4.18. The fourth-order valence-corrected chi connectivity index (χ4v) is 2.92. The second kappa shape index (κ2) is 6.80. The number of nitrogens with zero attached hydrogens (tertiary/aromatic N) is 1. The van der Waals surface area contributed by atoms with Crippen LogP contribution >= 0.6 is 0 Å². The molecule has 0 unspecified atom stereocenters. The summed E-state index contributed by atoms with van der Waals surface area (Å²) in [5, 5.41) is 18.6. The molecular weight excluding hydrogens is 340 g/mol. The lowest BCUT2D eigenvalue weighted by Gasteiger charge is -2.03. The van der Waals surface area contributed by atoms with E-state index in [-0.39, 0.29) is 11.3 Å². The highest BCUT2D eigenvalue weighted by Gasteiger charge is 2.15. The van der Waals surface area contributed by atoms with Gasteiger partial charge in [-0.15, -0.1) is 0 Å². The molecular formula is C22H16N2O3. The van der Waals surface area contributed by atoms with Crippen LogP contribution in [0, 0.1) is 0 Å². The maximum atomic E-state index is 11.1. The van der Waals surface area contributed by atoms with Gasteiger partial charge in [0.05, 0.1) is 17.0 Å². The number of imidazole rings is 1. The van der Waals surface area contributed by atoms with Crippen LogP contribution in [0.3, 0.4) is 0 Å². The molecule has 0 saturated heterocycles. The molecule has 0 radical (unpaired) electrons. The number of phenolic OH excluding ortho intramolecular Hbond substituents is 1. The van der Waals surface area contributed by atoms with Gasteiger partial charge in [0.2, 0.25) is 0 Å². The first kappa shape index (κ1) is 16.6. The van der Waals surface area contributed by atoms with Crippen molar-refractivity contribution < 1.29 is 15.0 Å². The van der Waals surface area contributed by atoms with Crippen LogP contribution in [0.25, 0.3) is 33.9 Å². The Morgan fingerprint density at radius 2 is 1.41 bits per heavy atom. The summed E-state index contributed by atoms with van der Waals surface area (Å²) in [6.45, 7) is 0. The van der Waals surface area contributed by atoms with Gasteiger partial charge in [0.25, 0.3) is 0 Å². The number of aromatic nitrogens is 2. The van der Waals surface area contributed by atoms with Crippen molar-refractivity contribution in [3.05, 3.63) is 84.4 Å². The van der Waals surface area contributed by atoms with Gasteiger partial charge in [0.15, 0.2) is 0 Å². The minimum absolute atomic E-state index is 0.198. The Hall–Kier alpha value is -3.86. The topological polar surface area (TPSA) is 86.2 Å². The second-order valence-electron chi connectivity index (χ2n) is 6.10. The van der Waals surface area contributed by atoms with Crippen LogP contribution in [0.2, 0.25) is 0 Å². The summed E-state index contributed by atoms with van der Waals surface area (Å²) in [7, 11) is 0. The maximum absolute atomic E-state index is 11.1. The summed E-state index contributed by atoms with van der Waals surface area (Å²) in [4.78, 5) is 19.2. The summed E-state index contributed by atoms with van der Waals surface area (Å²) < 4.78 is 0. The molecule has 5 nitrogen and oxygen atoms in total. The predicted molar refractivity (Wildman–Crippen MR) is 104 cm³/mol. The van der Waals surface area contributed by atoms with Gasteiger partial charge in [-0.1, -0.05) is 42.5 Å². The zero-order valence-electron chi connectivity index (χ0n) is 14.3.